The highest BCUT2D eigenvalue weighted by molar-refractivity contribution is 6.07. The highest BCUT2D eigenvalue weighted by atomic mass is 16.2. The molecule has 1 aliphatic carbocycles. The molecule has 5 heteroatoms. The van der Waals surface area contributed by atoms with Crippen LogP contribution in [-0.2, 0) is 12.8 Å². The highest BCUT2D eigenvalue weighted by Gasteiger charge is 2.22. The van der Waals surface area contributed by atoms with Gasteiger partial charge in [-0.2, -0.15) is 0 Å². The van der Waals surface area contributed by atoms with Crippen molar-refractivity contribution in [2.75, 3.05) is 5.32 Å². The average Bonchev–Trinajstić information content (AvgIpc) is 2.70. The maximum atomic E-state index is 12.8. The van der Waals surface area contributed by atoms with Gasteiger partial charge in [0.15, 0.2) is 5.78 Å². The third kappa shape index (κ3) is 3.64. The molecular formula is C23H20N2O3. The molecule has 0 saturated carbocycles. The van der Waals surface area contributed by atoms with E-state index in [1.165, 1.54) is 6.07 Å². The summed E-state index contributed by atoms with van der Waals surface area (Å²) in [6, 6.07) is 18.9. The van der Waals surface area contributed by atoms with Crippen molar-refractivity contribution < 1.29 is 9.59 Å². The predicted octanol–water partition coefficient (Wildman–Crippen LogP) is 3.74. The van der Waals surface area contributed by atoms with Crippen LogP contribution in [0.1, 0.15) is 50.4 Å². The molecule has 2 N–H and O–H groups in total. The van der Waals surface area contributed by atoms with Crippen molar-refractivity contribution in [2.24, 2.45) is 0 Å². The normalized spacial score (nSPS) is 13.1. The van der Waals surface area contributed by atoms with E-state index in [1.54, 1.807) is 0 Å². The van der Waals surface area contributed by atoms with E-state index in [2.05, 4.69) is 10.3 Å². The van der Waals surface area contributed by atoms with Crippen molar-refractivity contribution >= 4 is 17.4 Å². The first kappa shape index (κ1) is 17.9. The van der Waals surface area contributed by atoms with Crippen molar-refractivity contribution in [1.29, 1.82) is 0 Å². The SMILES string of the molecule is O=C1CCCc2[nH]c(=O)c(C(=O)Nc3ccccc3Cc3ccccc3)cc21. The number of Topliss-reactive ketones (excluding diaryl/α,β-unsaturated/α-hetero) is 1. The summed E-state index contributed by atoms with van der Waals surface area (Å²) in [4.78, 5) is 40.0. The molecule has 0 radical (unpaired) electrons. The number of amides is 1. The van der Waals surface area contributed by atoms with Crippen LogP contribution in [0.3, 0.4) is 0 Å². The minimum absolute atomic E-state index is 0.0315. The van der Waals surface area contributed by atoms with E-state index < -0.39 is 11.5 Å². The third-order valence-electron chi connectivity index (χ3n) is 5.00. The number of ketones is 1. The molecule has 140 valence electrons. The molecule has 0 aliphatic heterocycles. The number of H-pyrrole nitrogens is 1. The predicted molar refractivity (Wildman–Crippen MR) is 108 cm³/mol. The zero-order valence-electron chi connectivity index (χ0n) is 15.3. The fraction of sp³-hybridized carbons (Fsp3) is 0.174. The molecule has 1 aromatic heterocycles. The van der Waals surface area contributed by atoms with Crippen LogP contribution in [0, 0.1) is 0 Å². The molecule has 1 aliphatic rings. The Morgan fingerprint density at radius 1 is 0.964 bits per heavy atom. The Bertz CT molecular complexity index is 1100. The molecule has 1 heterocycles. The smallest absolute Gasteiger partial charge is 0.261 e. The van der Waals surface area contributed by atoms with Crippen LogP contribution in [0.5, 0.6) is 0 Å². The number of benzene rings is 2. The van der Waals surface area contributed by atoms with Crippen molar-refractivity contribution in [1.82, 2.24) is 4.98 Å². The molecule has 28 heavy (non-hydrogen) atoms. The molecule has 0 fully saturated rings. The Labute approximate surface area is 162 Å². The van der Waals surface area contributed by atoms with Gasteiger partial charge >= 0.3 is 0 Å². The number of aromatic nitrogens is 1. The van der Waals surface area contributed by atoms with Gasteiger partial charge in [-0.1, -0.05) is 48.5 Å². The molecule has 4 rings (SSSR count). The Hall–Kier alpha value is -3.47. The van der Waals surface area contributed by atoms with E-state index in [0.29, 0.717) is 36.2 Å². The summed E-state index contributed by atoms with van der Waals surface area (Å²) in [5, 5.41) is 2.84. The Morgan fingerprint density at radius 2 is 1.71 bits per heavy atom. The lowest BCUT2D eigenvalue weighted by molar-refractivity contribution is 0.0971. The van der Waals surface area contributed by atoms with E-state index in [4.69, 9.17) is 0 Å². The lowest BCUT2D eigenvalue weighted by atomic mass is 9.93. The van der Waals surface area contributed by atoms with Gasteiger partial charge in [0.2, 0.25) is 0 Å². The van der Waals surface area contributed by atoms with E-state index in [-0.39, 0.29) is 11.3 Å². The van der Waals surface area contributed by atoms with Crippen molar-refractivity contribution in [3.05, 3.63) is 99.0 Å². The van der Waals surface area contributed by atoms with Gasteiger partial charge < -0.3 is 10.3 Å². The number of carbonyl (C=O) groups excluding carboxylic acids is 2. The fourth-order valence-corrected chi connectivity index (χ4v) is 3.55. The van der Waals surface area contributed by atoms with Gasteiger partial charge in [0.1, 0.15) is 5.56 Å². The first-order chi connectivity index (χ1) is 13.6. The first-order valence-corrected chi connectivity index (χ1v) is 9.34. The summed E-state index contributed by atoms with van der Waals surface area (Å²) in [6.45, 7) is 0. The molecule has 1 amide bonds. The number of pyridine rings is 1. The summed E-state index contributed by atoms with van der Waals surface area (Å²) >= 11 is 0. The van der Waals surface area contributed by atoms with Gasteiger partial charge in [0.05, 0.1) is 0 Å². The maximum Gasteiger partial charge on any atom is 0.261 e. The van der Waals surface area contributed by atoms with Crippen molar-refractivity contribution in [2.45, 2.75) is 25.7 Å². The van der Waals surface area contributed by atoms with E-state index in [1.807, 2.05) is 54.6 Å². The van der Waals surface area contributed by atoms with Crippen molar-refractivity contribution in [3.63, 3.8) is 0 Å². The molecule has 0 saturated heterocycles. The monoisotopic (exact) mass is 372 g/mol. The summed E-state index contributed by atoms with van der Waals surface area (Å²) < 4.78 is 0. The van der Waals surface area contributed by atoms with Crippen LogP contribution < -0.4 is 10.9 Å². The van der Waals surface area contributed by atoms with Crippen LogP contribution in [0.15, 0.2) is 65.5 Å². The largest absolute Gasteiger partial charge is 0.325 e. The molecule has 0 spiro atoms. The summed E-state index contributed by atoms with van der Waals surface area (Å²) in [5.41, 5.74) is 3.31. The van der Waals surface area contributed by atoms with Crippen LogP contribution in [0.4, 0.5) is 5.69 Å². The van der Waals surface area contributed by atoms with E-state index in [9.17, 15) is 14.4 Å². The summed E-state index contributed by atoms with van der Waals surface area (Å²) in [7, 11) is 0. The van der Waals surface area contributed by atoms with Crippen LogP contribution >= 0.6 is 0 Å². The lowest BCUT2D eigenvalue weighted by Gasteiger charge is -2.15. The Morgan fingerprint density at radius 3 is 2.54 bits per heavy atom. The molecule has 5 nitrogen and oxygen atoms in total. The standard InChI is InChI=1S/C23H20N2O3/c26-21-12-6-11-20-17(21)14-18(23(28)25-20)22(27)24-19-10-5-4-9-16(19)13-15-7-2-1-3-8-15/h1-5,7-10,14H,6,11-13H2,(H,24,27)(H,25,28). The lowest BCUT2D eigenvalue weighted by Crippen LogP contribution is -2.27. The molecule has 2 aromatic carbocycles. The Kier molecular flexibility index (Phi) is 4.89. The number of carbonyl (C=O) groups is 2. The van der Waals surface area contributed by atoms with Gasteiger partial charge in [-0.3, -0.25) is 14.4 Å². The molecular weight excluding hydrogens is 352 g/mol. The maximum absolute atomic E-state index is 12.8. The topological polar surface area (TPSA) is 79.0 Å². The molecule has 0 atom stereocenters. The number of rotatable bonds is 4. The second kappa shape index (κ2) is 7.64. The number of fused-ring (bicyclic) bond motifs is 1. The van der Waals surface area contributed by atoms with E-state index >= 15 is 0 Å². The second-order valence-corrected chi connectivity index (χ2v) is 6.95. The molecule has 3 aromatic rings. The third-order valence-corrected chi connectivity index (χ3v) is 5.00. The number of hydrogen-bond acceptors (Lipinski definition) is 3. The van der Waals surface area contributed by atoms with E-state index in [0.717, 1.165) is 17.5 Å². The summed E-state index contributed by atoms with van der Waals surface area (Å²) in [6.07, 6.45) is 2.48. The van der Waals surface area contributed by atoms with Crippen LogP contribution in [-0.4, -0.2) is 16.7 Å². The zero-order chi connectivity index (χ0) is 19.5. The van der Waals surface area contributed by atoms with Gasteiger partial charge in [-0.05, 0) is 42.5 Å². The number of hydrogen-bond donors (Lipinski definition) is 2. The van der Waals surface area contributed by atoms with Gasteiger partial charge in [0.25, 0.3) is 11.5 Å². The number of aryl methyl sites for hydroxylation is 1. The minimum Gasteiger partial charge on any atom is -0.325 e. The van der Waals surface area contributed by atoms with Gasteiger partial charge in [-0.15, -0.1) is 0 Å². The zero-order valence-corrected chi connectivity index (χ0v) is 15.3. The number of nitrogens with one attached hydrogen (secondary N) is 2. The van der Waals surface area contributed by atoms with Crippen LogP contribution in [0.25, 0.3) is 0 Å². The average molecular weight is 372 g/mol. The number of aromatic amines is 1. The van der Waals surface area contributed by atoms with Gasteiger partial charge in [-0.25, -0.2) is 0 Å². The quantitative estimate of drug-likeness (QED) is 0.732. The first-order valence-electron chi connectivity index (χ1n) is 9.34. The minimum atomic E-state index is -0.511. The van der Waals surface area contributed by atoms with Crippen LogP contribution in [0.2, 0.25) is 0 Å². The summed E-state index contributed by atoms with van der Waals surface area (Å²) in [5.74, 6) is -0.543. The number of para-hydroxylation sites is 1. The van der Waals surface area contributed by atoms with Crippen molar-refractivity contribution in [3.8, 4) is 0 Å². The molecule has 0 unspecified atom stereocenters. The fourth-order valence-electron chi connectivity index (χ4n) is 3.55. The molecule has 0 bridgehead atoms. The Balaban J connectivity index is 1.62. The second-order valence-electron chi connectivity index (χ2n) is 6.95. The van der Waals surface area contributed by atoms with Gasteiger partial charge in [0, 0.05) is 23.4 Å². The number of anilines is 1. The highest BCUT2D eigenvalue weighted by Crippen LogP contribution is 2.21.